The highest BCUT2D eigenvalue weighted by Gasteiger charge is 2.09. The van der Waals surface area contributed by atoms with Crippen LogP contribution in [0.25, 0.3) is 22.2 Å². The van der Waals surface area contributed by atoms with Gasteiger partial charge in [-0.1, -0.05) is 66.2 Å². The lowest BCUT2D eigenvalue weighted by molar-refractivity contribution is 1.15. The second-order valence-electron chi connectivity index (χ2n) is 6.51. The Kier molecular flexibility index (Phi) is 4.62. The van der Waals surface area contributed by atoms with Crippen LogP contribution in [0.2, 0.25) is 0 Å². The fraction of sp³-hybridized carbons (Fsp3) is 0.0870. The van der Waals surface area contributed by atoms with Crippen LogP contribution in [0.5, 0.6) is 0 Å². The molecule has 4 nitrogen and oxygen atoms in total. The molecule has 4 heteroatoms. The maximum Gasteiger partial charge on any atom is 0.244 e. The van der Waals surface area contributed by atoms with E-state index in [0.717, 1.165) is 27.7 Å². The normalized spacial score (nSPS) is 11.2. The predicted molar refractivity (Wildman–Crippen MR) is 112 cm³/mol. The lowest BCUT2D eigenvalue weighted by Gasteiger charge is -2.09. The summed E-state index contributed by atoms with van der Waals surface area (Å²) in [4.78, 5) is 9.35. The molecule has 1 aromatic heterocycles. The first-order chi connectivity index (χ1) is 13.2. The summed E-state index contributed by atoms with van der Waals surface area (Å²) < 4.78 is 0. The van der Waals surface area contributed by atoms with E-state index in [4.69, 9.17) is 4.98 Å². The highest BCUT2D eigenvalue weighted by Crippen LogP contribution is 2.28. The molecular formula is C23H20N4. The lowest BCUT2D eigenvalue weighted by Crippen LogP contribution is -2.00. The van der Waals surface area contributed by atoms with Crippen molar-refractivity contribution in [3.63, 3.8) is 0 Å². The smallest absolute Gasteiger partial charge is 0.244 e. The number of nitrogens with zero attached hydrogens (tertiary/aromatic N) is 3. The number of nitrogens with one attached hydrogen (secondary N) is 1. The molecule has 0 unspecified atom stereocenters. The van der Waals surface area contributed by atoms with Crippen LogP contribution in [-0.4, -0.2) is 16.2 Å². The average molecular weight is 352 g/mol. The molecule has 0 aliphatic heterocycles. The minimum Gasteiger partial charge on any atom is -0.245 e. The summed E-state index contributed by atoms with van der Waals surface area (Å²) in [6, 6.07) is 24.5. The minimum absolute atomic E-state index is 0.482. The predicted octanol–water partition coefficient (Wildman–Crippen LogP) is 5.36. The highest BCUT2D eigenvalue weighted by atomic mass is 15.3. The third kappa shape index (κ3) is 3.70. The molecule has 1 N–H and O–H groups in total. The standard InChI is InChI=1S/C23H20N4/c1-16-12-13-21-20(14-16)22(18-9-4-3-5-10-18)26-23(25-21)27-24-15-19-11-7-6-8-17(19)2/h3-15H,1-2H3,(H,25,26,27)/b24-15-. The largest absolute Gasteiger partial charge is 0.245 e. The van der Waals surface area contributed by atoms with Crippen LogP contribution in [0.3, 0.4) is 0 Å². The van der Waals surface area contributed by atoms with E-state index in [2.05, 4.69) is 59.7 Å². The molecule has 0 bridgehead atoms. The van der Waals surface area contributed by atoms with Gasteiger partial charge in [0.15, 0.2) is 0 Å². The van der Waals surface area contributed by atoms with Gasteiger partial charge in [-0.25, -0.2) is 15.4 Å². The Hall–Kier alpha value is -3.53. The van der Waals surface area contributed by atoms with E-state index in [1.54, 1.807) is 6.21 Å². The molecular weight excluding hydrogens is 332 g/mol. The van der Waals surface area contributed by atoms with Gasteiger partial charge in [0.25, 0.3) is 0 Å². The van der Waals surface area contributed by atoms with Crippen molar-refractivity contribution < 1.29 is 0 Å². The summed E-state index contributed by atoms with van der Waals surface area (Å²) in [5.74, 6) is 0.482. The Balaban J connectivity index is 1.74. The van der Waals surface area contributed by atoms with Gasteiger partial charge in [0.1, 0.15) is 0 Å². The number of hydrazone groups is 1. The molecule has 4 rings (SSSR count). The van der Waals surface area contributed by atoms with Crippen molar-refractivity contribution >= 4 is 23.1 Å². The monoisotopic (exact) mass is 352 g/mol. The molecule has 0 spiro atoms. The first-order valence-corrected chi connectivity index (χ1v) is 8.89. The fourth-order valence-electron chi connectivity index (χ4n) is 3.00. The molecule has 0 saturated heterocycles. The van der Waals surface area contributed by atoms with Gasteiger partial charge < -0.3 is 0 Å². The molecule has 3 aromatic carbocycles. The zero-order valence-corrected chi connectivity index (χ0v) is 15.3. The van der Waals surface area contributed by atoms with E-state index >= 15 is 0 Å². The van der Waals surface area contributed by atoms with Gasteiger partial charge in [-0.15, -0.1) is 0 Å². The molecule has 0 amide bonds. The molecule has 0 saturated carbocycles. The Morgan fingerprint density at radius 2 is 1.63 bits per heavy atom. The molecule has 0 fully saturated rings. The van der Waals surface area contributed by atoms with Crippen LogP contribution >= 0.6 is 0 Å². The summed E-state index contributed by atoms with van der Waals surface area (Å²) >= 11 is 0. The summed E-state index contributed by atoms with van der Waals surface area (Å²) in [7, 11) is 0. The van der Waals surface area contributed by atoms with Crippen molar-refractivity contribution in [3.05, 3.63) is 89.5 Å². The number of anilines is 1. The molecule has 132 valence electrons. The van der Waals surface area contributed by atoms with E-state index in [0.29, 0.717) is 5.95 Å². The zero-order chi connectivity index (χ0) is 18.6. The summed E-state index contributed by atoms with van der Waals surface area (Å²) in [6.45, 7) is 4.14. The van der Waals surface area contributed by atoms with Gasteiger partial charge in [0.2, 0.25) is 5.95 Å². The van der Waals surface area contributed by atoms with Crippen molar-refractivity contribution in [1.29, 1.82) is 0 Å². The van der Waals surface area contributed by atoms with Crippen LogP contribution in [-0.2, 0) is 0 Å². The van der Waals surface area contributed by atoms with Gasteiger partial charge in [-0.05, 0) is 37.1 Å². The second-order valence-corrected chi connectivity index (χ2v) is 6.51. The summed E-state index contributed by atoms with van der Waals surface area (Å²) in [5.41, 5.74) is 9.25. The molecule has 1 heterocycles. The Morgan fingerprint density at radius 3 is 2.44 bits per heavy atom. The summed E-state index contributed by atoms with van der Waals surface area (Å²) in [6.07, 6.45) is 1.79. The van der Waals surface area contributed by atoms with Crippen LogP contribution in [0.15, 0.2) is 77.9 Å². The number of hydrogen-bond donors (Lipinski definition) is 1. The van der Waals surface area contributed by atoms with Crippen molar-refractivity contribution in [2.45, 2.75) is 13.8 Å². The highest BCUT2D eigenvalue weighted by molar-refractivity contribution is 5.93. The molecule has 0 atom stereocenters. The van der Waals surface area contributed by atoms with Gasteiger partial charge in [-0.3, -0.25) is 0 Å². The summed E-state index contributed by atoms with van der Waals surface area (Å²) in [5, 5.41) is 5.37. The number of hydrogen-bond acceptors (Lipinski definition) is 4. The van der Waals surface area contributed by atoms with E-state index in [-0.39, 0.29) is 0 Å². The van der Waals surface area contributed by atoms with Crippen molar-refractivity contribution in [1.82, 2.24) is 9.97 Å². The number of fused-ring (bicyclic) bond motifs is 1. The van der Waals surface area contributed by atoms with Crippen LogP contribution < -0.4 is 5.43 Å². The topological polar surface area (TPSA) is 50.2 Å². The molecule has 0 aliphatic rings. The van der Waals surface area contributed by atoms with Gasteiger partial charge in [0, 0.05) is 10.9 Å². The zero-order valence-electron chi connectivity index (χ0n) is 15.3. The first-order valence-electron chi connectivity index (χ1n) is 8.89. The van der Waals surface area contributed by atoms with Crippen molar-refractivity contribution in [3.8, 4) is 11.3 Å². The van der Waals surface area contributed by atoms with Crippen molar-refractivity contribution in [2.75, 3.05) is 5.43 Å². The lowest BCUT2D eigenvalue weighted by atomic mass is 10.0. The molecule has 0 radical (unpaired) electrons. The van der Waals surface area contributed by atoms with Gasteiger partial charge >= 0.3 is 0 Å². The third-order valence-electron chi connectivity index (χ3n) is 4.46. The van der Waals surface area contributed by atoms with E-state index < -0.39 is 0 Å². The number of aryl methyl sites for hydroxylation is 2. The van der Waals surface area contributed by atoms with Crippen LogP contribution in [0, 0.1) is 13.8 Å². The minimum atomic E-state index is 0.482. The Morgan fingerprint density at radius 1 is 0.852 bits per heavy atom. The van der Waals surface area contributed by atoms with Crippen LogP contribution in [0.1, 0.15) is 16.7 Å². The average Bonchev–Trinajstić information content (AvgIpc) is 2.70. The fourth-order valence-corrected chi connectivity index (χ4v) is 3.00. The molecule has 0 aliphatic carbocycles. The SMILES string of the molecule is Cc1ccc2nc(N/N=C\c3ccccc3C)nc(-c3ccccc3)c2c1. The van der Waals surface area contributed by atoms with Crippen molar-refractivity contribution in [2.24, 2.45) is 5.10 Å². The van der Waals surface area contributed by atoms with Gasteiger partial charge in [0.05, 0.1) is 17.4 Å². The first kappa shape index (κ1) is 16.9. The number of rotatable bonds is 4. The number of benzene rings is 3. The molecule has 4 aromatic rings. The maximum absolute atomic E-state index is 4.73. The Labute approximate surface area is 158 Å². The quantitative estimate of drug-likeness (QED) is 0.397. The second kappa shape index (κ2) is 7.38. The maximum atomic E-state index is 4.73. The molecule has 27 heavy (non-hydrogen) atoms. The van der Waals surface area contributed by atoms with Crippen LogP contribution in [0.4, 0.5) is 5.95 Å². The van der Waals surface area contributed by atoms with E-state index in [9.17, 15) is 0 Å². The Bertz CT molecular complexity index is 1120. The van der Waals surface area contributed by atoms with Gasteiger partial charge in [-0.2, -0.15) is 5.10 Å². The van der Waals surface area contributed by atoms with E-state index in [1.165, 1.54) is 11.1 Å². The third-order valence-corrected chi connectivity index (χ3v) is 4.46. The van der Waals surface area contributed by atoms with E-state index in [1.807, 2.05) is 42.5 Å². The number of aromatic nitrogens is 2.